The molecule has 0 fully saturated rings. The zero-order valence-electron chi connectivity index (χ0n) is 11.8. The summed E-state index contributed by atoms with van der Waals surface area (Å²) in [5, 5.41) is 18.3. The van der Waals surface area contributed by atoms with E-state index in [9.17, 15) is 5.11 Å². The van der Waals surface area contributed by atoms with Crippen molar-refractivity contribution < 1.29 is 5.11 Å². The number of hydrogen-bond acceptors (Lipinski definition) is 3. The van der Waals surface area contributed by atoms with Crippen molar-refractivity contribution in [2.24, 2.45) is 10.2 Å². The van der Waals surface area contributed by atoms with Gasteiger partial charge in [-0.3, -0.25) is 0 Å². The summed E-state index contributed by atoms with van der Waals surface area (Å²) in [6.45, 7) is 6.16. The minimum atomic E-state index is -0.132. The van der Waals surface area contributed by atoms with Gasteiger partial charge in [0.05, 0.1) is 11.4 Å². The van der Waals surface area contributed by atoms with E-state index in [1.807, 2.05) is 30.3 Å². The summed E-state index contributed by atoms with van der Waals surface area (Å²) in [5.41, 5.74) is 2.26. The lowest BCUT2D eigenvalue weighted by Crippen LogP contribution is -2.10. The number of aromatic hydroxyl groups is 1. The van der Waals surface area contributed by atoms with Gasteiger partial charge in [0.15, 0.2) is 0 Å². The molecule has 20 heavy (non-hydrogen) atoms. The van der Waals surface area contributed by atoms with Crippen LogP contribution >= 0.6 is 15.9 Å². The molecule has 0 unspecified atom stereocenters. The molecular weight excluding hydrogens is 316 g/mol. The Morgan fingerprint density at radius 1 is 0.900 bits per heavy atom. The highest BCUT2D eigenvalue weighted by atomic mass is 79.9. The third-order valence-corrected chi connectivity index (χ3v) is 3.42. The lowest BCUT2D eigenvalue weighted by molar-refractivity contribution is 0.447. The van der Waals surface area contributed by atoms with Crippen molar-refractivity contribution in [1.29, 1.82) is 0 Å². The number of azo groups is 1. The van der Waals surface area contributed by atoms with Gasteiger partial charge in [-0.1, -0.05) is 36.7 Å². The molecule has 0 aliphatic rings. The summed E-state index contributed by atoms with van der Waals surface area (Å²) in [7, 11) is 0. The normalized spacial score (nSPS) is 12.0. The lowest BCUT2D eigenvalue weighted by atomic mass is 9.86. The molecule has 0 radical (unpaired) electrons. The predicted molar refractivity (Wildman–Crippen MR) is 85.1 cm³/mol. The number of nitrogens with zero attached hydrogens (tertiary/aromatic N) is 2. The molecular formula is C16H17BrN2O. The van der Waals surface area contributed by atoms with Gasteiger partial charge in [-0.05, 0) is 47.9 Å². The van der Waals surface area contributed by atoms with Crippen LogP contribution in [0, 0.1) is 0 Å². The molecule has 104 valence electrons. The Bertz CT molecular complexity index is 628. The molecule has 0 heterocycles. The second-order valence-corrected chi connectivity index (χ2v) is 6.54. The van der Waals surface area contributed by atoms with E-state index in [-0.39, 0.29) is 5.41 Å². The SMILES string of the molecule is CC(C)(C)c1cc(N=Nc2ccc(Br)cc2)ccc1O. The molecule has 0 amide bonds. The molecule has 2 rings (SSSR count). The zero-order chi connectivity index (χ0) is 14.8. The maximum absolute atomic E-state index is 9.91. The zero-order valence-corrected chi connectivity index (χ0v) is 13.3. The van der Waals surface area contributed by atoms with Crippen LogP contribution in [0.4, 0.5) is 11.4 Å². The first-order valence-electron chi connectivity index (χ1n) is 6.37. The van der Waals surface area contributed by atoms with E-state index >= 15 is 0 Å². The third kappa shape index (κ3) is 3.67. The molecule has 0 saturated carbocycles. The second kappa shape index (κ2) is 5.75. The van der Waals surface area contributed by atoms with E-state index in [2.05, 4.69) is 46.9 Å². The number of hydrogen-bond donors (Lipinski definition) is 1. The van der Waals surface area contributed by atoms with Crippen molar-refractivity contribution in [3.8, 4) is 5.75 Å². The quantitative estimate of drug-likeness (QED) is 0.687. The van der Waals surface area contributed by atoms with Crippen LogP contribution in [0.2, 0.25) is 0 Å². The predicted octanol–water partition coefficient (Wildman–Crippen LogP) is 5.87. The molecule has 0 bridgehead atoms. The van der Waals surface area contributed by atoms with Crippen molar-refractivity contribution in [1.82, 2.24) is 0 Å². The van der Waals surface area contributed by atoms with Gasteiger partial charge in [-0.25, -0.2) is 0 Å². The number of benzene rings is 2. The molecule has 2 aromatic rings. The van der Waals surface area contributed by atoms with Gasteiger partial charge in [-0.2, -0.15) is 10.2 Å². The first-order chi connectivity index (χ1) is 9.36. The lowest BCUT2D eigenvalue weighted by Gasteiger charge is -2.20. The summed E-state index contributed by atoms with van der Waals surface area (Å²) >= 11 is 3.38. The summed E-state index contributed by atoms with van der Waals surface area (Å²) in [4.78, 5) is 0. The highest BCUT2D eigenvalue weighted by Crippen LogP contribution is 2.34. The Morgan fingerprint density at radius 2 is 1.45 bits per heavy atom. The average molecular weight is 333 g/mol. The van der Waals surface area contributed by atoms with Gasteiger partial charge in [-0.15, -0.1) is 0 Å². The second-order valence-electron chi connectivity index (χ2n) is 5.63. The summed E-state index contributed by atoms with van der Waals surface area (Å²) in [5.74, 6) is 0.292. The molecule has 0 spiro atoms. The molecule has 3 nitrogen and oxygen atoms in total. The van der Waals surface area contributed by atoms with Gasteiger partial charge in [0.1, 0.15) is 5.75 Å². The fourth-order valence-corrected chi connectivity index (χ4v) is 2.07. The van der Waals surface area contributed by atoms with Crippen LogP contribution < -0.4 is 0 Å². The van der Waals surface area contributed by atoms with Crippen LogP contribution in [-0.4, -0.2) is 5.11 Å². The number of phenolic OH excluding ortho intramolecular Hbond substituents is 1. The molecule has 4 heteroatoms. The van der Waals surface area contributed by atoms with Crippen molar-refractivity contribution in [2.75, 3.05) is 0 Å². The fourth-order valence-electron chi connectivity index (χ4n) is 1.81. The Kier molecular flexibility index (Phi) is 4.23. The number of rotatable bonds is 2. The van der Waals surface area contributed by atoms with Crippen LogP contribution in [0.25, 0.3) is 0 Å². The average Bonchev–Trinajstić information content (AvgIpc) is 2.38. The molecule has 0 aliphatic carbocycles. The van der Waals surface area contributed by atoms with E-state index < -0.39 is 0 Å². The Morgan fingerprint density at radius 3 is 2.05 bits per heavy atom. The number of halogens is 1. The Balaban J connectivity index is 2.28. The largest absolute Gasteiger partial charge is 0.508 e. The van der Waals surface area contributed by atoms with Gasteiger partial charge in [0.25, 0.3) is 0 Å². The third-order valence-electron chi connectivity index (χ3n) is 2.90. The van der Waals surface area contributed by atoms with E-state index in [0.717, 1.165) is 21.4 Å². The van der Waals surface area contributed by atoms with Crippen LogP contribution in [0.5, 0.6) is 5.75 Å². The first kappa shape index (κ1) is 14.7. The van der Waals surface area contributed by atoms with Crippen LogP contribution in [0.3, 0.4) is 0 Å². The van der Waals surface area contributed by atoms with Crippen LogP contribution in [0.1, 0.15) is 26.3 Å². The van der Waals surface area contributed by atoms with Gasteiger partial charge in [0.2, 0.25) is 0 Å². The maximum atomic E-state index is 9.91. The minimum absolute atomic E-state index is 0.132. The summed E-state index contributed by atoms with van der Waals surface area (Å²) in [6, 6.07) is 12.9. The van der Waals surface area contributed by atoms with Crippen LogP contribution in [-0.2, 0) is 5.41 Å². The highest BCUT2D eigenvalue weighted by molar-refractivity contribution is 9.10. The van der Waals surface area contributed by atoms with E-state index in [1.54, 1.807) is 12.1 Å². The maximum Gasteiger partial charge on any atom is 0.119 e. The van der Waals surface area contributed by atoms with Gasteiger partial charge < -0.3 is 5.11 Å². The molecule has 1 N–H and O–H groups in total. The molecule has 0 aliphatic heterocycles. The smallest absolute Gasteiger partial charge is 0.119 e. The van der Waals surface area contributed by atoms with Crippen molar-refractivity contribution in [3.63, 3.8) is 0 Å². The standard InChI is InChI=1S/C16H17BrN2O/c1-16(2,3)14-10-13(8-9-15(14)20)19-18-12-6-4-11(17)5-7-12/h4-10,20H,1-3H3. The first-order valence-corrected chi connectivity index (χ1v) is 7.16. The molecule has 2 aromatic carbocycles. The summed E-state index contributed by atoms with van der Waals surface area (Å²) < 4.78 is 1.01. The highest BCUT2D eigenvalue weighted by Gasteiger charge is 2.18. The van der Waals surface area contributed by atoms with Crippen molar-refractivity contribution in [3.05, 3.63) is 52.5 Å². The topological polar surface area (TPSA) is 45.0 Å². The fraction of sp³-hybridized carbons (Fsp3) is 0.250. The molecule has 0 saturated heterocycles. The van der Waals surface area contributed by atoms with Crippen LogP contribution in [0.15, 0.2) is 57.2 Å². The van der Waals surface area contributed by atoms with Crippen molar-refractivity contribution >= 4 is 27.3 Å². The molecule has 0 aromatic heterocycles. The summed E-state index contributed by atoms with van der Waals surface area (Å²) in [6.07, 6.45) is 0. The minimum Gasteiger partial charge on any atom is -0.508 e. The van der Waals surface area contributed by atoms with E-state index in [4.69, 9.17) is 0 Å². The van der Waals surface area contributed by atoms with E-state index in [0.29, 0.717) is 5.75 Å². The monoisotopic (exact) mass is 332 g/mol. The Labute approximate surface area is 127 Å². The van der Waals surface area contributed by atoms with Gasteiger partial charge >= 0.3 is 0 Å². The number of phenols is 1. The molecule has 0 atom stereocenters. The van der Waals surface area contributed by atoms with Crippen molar-refractivity contribution in [2.45, 2.75) is 26.2 Å². The Hall–Kier alpha value is -1.68. The van der Waals surface area contributed by atoms with Gasteiger partial charge in [0, 0.05) is 10.0 Å². The van der Waals surface area contributed by atoms with E-state index in [1.165, 1.54) is 0 Å².